The summed E-state index contributed by atoms with van der Waals surface area (Å²) in [5, 5.41) is 4.66. The van der Waals surface area contributed by atoms with Crippen LogP contribution in [0.15, 0.2) is 58.4 Å². The summed E-state index contributed by atoms with van der Waals surface area (Å²) in [6.07, 6.45) is 3.22. The molecule has 0 atom stereocenters. The zero-order valence-corrected chi connectivity index (χ0v) is 19.2. The molecule has 3 aromatic rings. The fourth-order valence-corrected chi connectivity index (χ4v) is 3.36. The third-order valence-corrected chi connectivity index (χ3v) is 4.99. The lowest BCUT2D eigenvalue weighted by molar-refractivity contribution is -0.732. The number of carbonyl (C=O) groups excluding carboxylic acids is 2. The minimum Gasteiger partial charge on any atom is -1.00 e. The summed E-state index contributed by atoms with van der Waals surface area (Å²) >= 11 is 1.19. The average molecular weight is 494 g/mol. The first-order valence-corrected chi connectivity index (χ1v) is 9.99. The van der Waals surface area contributed by atoms with Crippen LogP contribution in [-0.4, -0.2) is 27.4 Å². The molecule has 0 saturated carbocycles. The first-order chi connectivity index (χ1) is 13.7. The van der Waals surface area contributed by atoms with Gasteiger partial charge in [0, 0.05) is 23.4 Å². The first-order valence-electron chi connectivity index (χ1n) is 9.00. The van der Waals surface area contributed by atoms with Crippen LogP contribution in [0.4, 0.5) is 4.39 Å². The van der Waals surface area contributed by atoms with Crippen molar-refractivity contribution in [3.8, 4) is 11.5 Å². The van der Waals surface area contributed by atoms with Gasteiger partial charge < -0.3 is 21.4 Å². The number of hydrogen-bond donors (Lipinski definition) is 0. The van der Waals surface area contributed by atoms with E-state index >= 15 is 0 Å². The lowest BCUT2D eigenvalue weighted by atomic mass is 9.92. The minimum absolute atomic E-state index is 0. The van der Waals surface area contributed by atoms with E-state index in [1.807, 2.05) is 20.8 Å². The Balaban J connectivity index is 0.00000320. The predicted octanol–water partition coefficient (Wildman–Crippen LogP) is 0.757. The number of carbonyl (C=O) groups is 2. The highest BCUT2D eigenvalue weighted by Gasteiger charge is 2.29. The molecule has 0 fully saturated rings. The van der Waals surface area contributed by atoms with Gasteiger partial charge in [-0.05, 0) is 41.1 Å². The van der Waals surface area contributed by atoms with Gasteiger partial charge in [-0.25, -0.2) is 4.39 Å². The fourth-order valence-electron chi connectivity index (χ4n) is 2.37. The van der Waals surface area contributed by atoms with Crippen LogP contribution in [0.25, 0.3) is 11.5 Å². The zero-order chi connectivity index (χ0) is 21.0. The van der Waals surface area contributed by atoms with Crippen molar-refractivity contribution in [2.24, 2.45) is 5.41 Å². The number of ketones is 2. The zero-order valence-electron chi connectivity index (χ0n) is 16.8. The van der Waals surface area contributed by atoms with E-state index in [4.69, 9.17) is 4.42 Å². The van der Waals surface area contributed by atoms with Crippen molar-refractivity contribution in [2.75, 3.05) is 5.75 Å². The molecule has 0 bridgehead atoms. The van der Waals surface area contributed by atoms with Crippen molar-refractivity contribution in [3.05, 3.63) is 60.2 Å². The Morgan fingerprint density at radius 3 is 2.33 bits per heavy atom. The van der Waals surface area contributed by atoms with E-state index in [2.05, 4.69) is 10.1 Å². The molecule has 6 nitrogen and oxygen atoms in total. The molecule has 0 saturated heterocycles. The van der Waals surface area contributed by atoms with E-state index in [1.165, 1.54) is 40.7 Å². The molecular formula is C21H21BrFN3O3S. The number of nitrogens with zero attached hydrogens (tertiary/aromatic N) is 3. The highest BCUT2D eigenvalue weighted by Crippen LogP contribution is 2.25. The molecule has 158 valence electrons. The van der Waals surface area contributed by atoms with E-state index in [0.717, 1.165) is 0 Å². The lowest BCUT2D eigenvalue weighted by Crippen LogP contribution is -3.00. The van der Waals surface area contributed by atoms with Crippen LogP contribution in [0.2, 0.25) is 0 Å². The maximum atomic E-state index is 13.1. The standard InChI is InChI=1S/C21H21FN3O3S.BrH/c1-21(2,3)18(27)13-29-20-24-25(19(28-20)15-8-10-23-11-9-15)12-17(26)14-4-6-16(22)7-5-14;/h4-11H,12-13H2,1-3H3;1H/q+1;/p-1. The molecule has 1 aromatic carbocycles. The quantitative estimate of drug-likeness (QED) is 0.274. The summed E-state index contributed by atoms with van der Waals surface area (Å²) in [5.74, 6) is 0.0241. The normalized spacial score (nSPS) is 11.1. The molecule has 0 aliphatic heterocycles. The van der Waals surface area contributed by atoms with Crippen LogP contribution in [-0.2, 0) is 11.3 Å². The van der Waals surface area contributed by atoms with Gasteiger partial charge in [-0.2, -0.15) is 0 Å². The fraction of sp³-hybridized carbons (Fsp3) is 0.286. The molecule has 0 amide bonds. The van der Waals surface area contributed by atoms with Gasteiger partial charge in [0.05, 0.1) is 16.4 Å². The molecular weight excluding hydrogens is 473 g/mol. The number of rotatable bonds is 7. The molecule has 0 aliphatic carbocycles. The van der Waals surface area contributed by atoms with Gasteiger partial charge in [0.1, 0.15) is 11.6 Å². The van der Waals surface area contributed by atoms with Gasteiger partial charge in [-0.1, -0.05) is 32.5 Å². The van der Waals surface area contributed by atoms with E-state index in [0.29, 0.717) is 22.2 Å². The first kappa shape index (κ1) is 23.9. The Morgan fingerprint density at radius 1 is 1.10 bits per heavy atom. The molecule has 0 unspecified atom stereocenters. The number of halogens is 2. The van der Waals surface area contributed by atoms with Crippen LogP contribution in [0.1, 0.15) is 31.1 Å². The average Bonchev–Trinajstić information content (AvgIpc) is 3.09. The Morgan fingerprint density at radius 2 is 1.73 bits per heavy atom. The van der Waals surface area contributed by atoms with E-state index in [-0.39, 0.29) is 40.8 Å². The topological polar surface area (TPSA) is 76.9 Å². The van der Waals surface area contributed by atoms with Crippen LogP contribution in [0.3, 0.4) is 0 Å². The lowest BCUT2D eigenvalue weighted by Gasteiger charge is -2.14. The summed E-state index contributed by atoms with van der Waals surface area (Å²) in [6, 6.07) is 8.83. The summed E-state index contributed by atoms with van der Waals surface area (Å²) in [6.45, 7) is 5.49. The number of Topliss-reactive ketones (excluding diaryl/α,β-unsaturated/α-hetero) is 2. The highest BCUT2D eigenvalue weighted by molar-refractivity contribution is 7.99. The van der Waals surface area contributed by atoms with Gasteiger partial charge in [-0.3, -0.25) is 14.6 Å². The highest BCUT2D eigenvalue weighted by atomic mass is 79.9. The second-order valence-corrected chi connectivity index (χ2v) is 8.39. The molecule has 2 heterocycles. The largest absolute Gasteiger partial charge is 1.00 e. The van der Waals surface area contributed by atoms with Crippen molar-refractivity contribution in [1.29, 1.82) is 0 Å². The third-order valence-electron chi connectivity index (χ3n) is 4.17. The summed E-state index contributed by atoms with van der Waals surface area (Å²) < 4.78 is 20.4. The second-order valence-electron chi connectivity index (χ2n) is 7.46. The number of pyridine rings is 1. The van der Waals surface area contributed by atoms with E-state index in [9.17, 15) is 14.0 Å². The van der Waals surface area contributed by atoms with Crippen molar-refractivity contribution in [1.82, 2.24) is 10.1 Å². The SMILES string of the molecule is CC(C)(C)C(=O)CSc1n[n+](CC(=O)c2ccc(F)cc2)c(-c2ccncc2)o1.[Br-]. The van der Waals surface area contributed by atoms with Gasteiger partial charge in [0.25, 0.3) is 0 Å². The maximum absolute atomic E-state index is 13.1. The second kappa shape index (κ2) is 10.1. The number of thioether (sulfide) groups is 1. The predicted molar refractivity (Wildman–Crippen MR) is 106 cm³/mol. The van der Waals surface area contributed by atoms with Crippen molar-refractivity contribution < 1.29 is 40.1 Å². The van der Waals surface area contributed by atoms with Crippen molar-refractivity contribution >= 4 is 23.3 Å². The molecule has 2 aromatic heterocycles. The number of aromatic nitrogens is 3. The summed E-state index contributed by atoms with van der Waals surface area (Å²) in [5.41, 5.74) is 0.621. The molecule has 30 heavy (non-hydrogen) atoms. The molecule has 0 aliphatic rings. The Bertz CT molecular complexity index is 1020. The van der Waals surface area contributed by atoms with Crippen molar-refractivity contribution in [3.63, 3.8) is 0 Å². The van der Waals surface area contributed by atoms with Gasteiger partial charge in [0.15, 0.2) is 0 Å². The maximum Gasteiger partial charge on any atom is 0.409 e. The Hall–Kier alpha value is -2.39. The molecule has 3 rings (SSSR count). The summed E-state index contributed by atoms with van der Waals surface area (Å²) in [4.78, 5) is 28.8. The van der Waals surface area contributed by atoms with Gasteiger partial charge in [0.2, 0.25) is 12.3 Å². The molecule has 0 radical (unpaired) electrons. The van der Waals surface area contributed by atoms with E-state index in [1.54, 1.807) is 24.5 Å². The summed E-state index contributed by atoms with van der Waals surface area (Å²) in [7, 11) is 0. The number of benzene rings is 1. The minimum atomic E-state index is -0.456. The van der Waals surface area contributed by atoms with Crippen LogP contribution >= 0.6 is 11.8 Å². The smallest absolute Gasteiger partial charge is 0.409 e. The van der Waals surface area contributed by atoms with Crippen LogP contribution in [0.5, 0.6) is 0 Å². The molecule has 9 heteroatoms. The Kier molecular flexibility index (Phi) is 8.03. The van der Waals surface area contributed by atoms with Gasteiger partial charge >= 0.3 is 11.1 Å². The monoisotopic (exact) mass is 493 g/mol. The third kappa shape index (κ3) is 6.06. The number of hydrogen-bond acceptors (Lipinski definition) is 6. The van der Waals surface area contributed by atoms with Crippen LogP contribution < -0.4 is 21.7 Å². The van der Waals surface area contributed by atoms with Gasteiger partial charge in [-0.15, -0.1) is 0 Å². The van der Waals surface area contributed by atoms with Crippen LogP contribution in [0, 0.1) is 11.2 Å². The Labute approximate surface area is 188 Å². The van der Waals surface area contributed by atoms with E-state index < -0.39 is 11.2 Å². The molecule has 0 N–H and O–H groups in total. The molecule has 0 spiro atoms. The van der Waals surface area contributed by atoms with Crippen molar-refractivity contribution in [2.45, 2.75) is 32.5 Å².